The third-order valence-electron chi connectivity index (χ3n) is 2.65. The van der Waals surface area contributed by atoms with Crippen molar-refractivity contribution in [3.8, 4) is 0 Å². The quantitative estimate of drug-likeness (QED) is 0.767. The third kappa shape index (κ3) is 4.94. The number of nitrogens with zero attached hydrogens (tertiary/aromatic N) is 1. The molecule has 110 valence electrons. The maximum absolute atomic E-state index is 12.4. The van der Waals surface area contributed by atoms with Crippen LogP contribution in [0.4, 0.5) is 0 Å². The summed E-state index contributed by atoms with van der Waals surface area (Å²) in [6.07, 6.45) is 0.115. The average Bonchev–Trinajstić information content (AvgIpc) is 2.43. The molecule has 0 aliphatic rings. The van der Waals surface area contributed by atoms with E-state index in [9.17, 15) is 9.59 Å². The van der Waals surface area contributed by atoms with Crippen molar-refractivity contribution < 1.29 is 19.4 Å². The van der Waals surface area contributed by atoms with E-state index in [0.29, 0.717) is 16.6 Å². The smallest absolute Gasteiger partial charge is 0.307 e. The van der Waals surface area contributed by atoms with Gasteiger partial charge in [-0.3, -0.25) is 9.59 Å². The van der Waals surface area contributed by atoms with Crippen LogP contribution in [-0.4, -0.2) is 48.2 Å². The molecule has 0 saturated carbocycles. The lowest BCUT2D eigenvalue weighted by Gasteiger charge is -2.22. The summed E-state index contributed by atoms with van der Waals surface area (Å²) in [7, 11) is 0. The molecule has 0 spiro atoms. The summed E-state index contributed by atoms with van der Waals surface area (Å²) < 4.78 is 5.52. The minimum absolute atomic E-state index is 0.115. The van der Waals surface area contributed by atoms with Crippen LogP contribution in [0.2, 0.25) is 0 Å². The minimum atomic E-state index is -0.352. The Bertz CT molecular complexity index is 464. The number of halogens is 1. The molecule has 0 aromatic heterocycles. The first-order valence-corrected chi connectivity index (χ1v) is 7.19. The van der Waals surface area contributed by atoms with Crippen LogP contribution in [-0.2, 0) is 9.53 Å². The molecule has 0 atom stereocenters. The molecule has 0 bridgehead atoms. The first-order chi connectivity index (χ1) is 9.60. The number of benzene rings is 1. The molecule has 0 radical (unpaired) electrons. The van der Waals surface area contributed by atoms with Crippen molar-refractivity contribution in [2.45, 2.75) is 13.3 Å². The van der Waals surface area contributed by atoms with Crippen molar-refractivity contribution in [1.29, 1.82) is 0 Å². The number of carbonyl (C=O) groups is 2. The van der Waals surface area contributed by atoms with E-state index < -0.39 is 0 Å². The molecule has 1 amide bonds. The van der Waals surface area contributed by atoms with Crippen LogP contribution >= 0.6 is 15.9 Å². The zero-order chi connectivity index (χ0) is 15.0. The summed E-state index contributed by atoms with van der Waals surface area (Å²) in [6, 6.07) is 7.05. The topological polar surface area (TPSA) is 66.8 Å². The standard InChI is InChI=1S/C14H18BrNO4/c1-2-20-13(18)7-8-16(9-10-17)14(19)11-5-3-4-6-12(11)15/h3-6,17H,2,7-10H2,1H3. The lowest BCUT2D eigenvalue weighted by atomic mass is 10.2. The molecule has 0 heterocycles. The highest BCUT2D eigenvalue weighted by atomic mass is 79.9. The van der Waals surface area contributed by atoms with Gasteiger partial charge in [0.2, 0.25) is 0 Å². The minimum Gasteiger partial charge on any atom is -0.466 e. The molecule has 0 aliphatic heterocycles. The van der Waals surface area contributed by atoms with E-state index in [0.717, 1.165) is 0 Å². The second-order valence-electron chi connectivity index (χ2n) is 4.05. The van der Waals surface area contributed by atoms with Crippen molar-refractivity contribution in [2.24, 2.45) is 0 Å². The van der Waals surface area contributed by atoms with Crippen LogP contribution < -0.4 is 0 Å². The highest BCUT2D eigenvalue weighted by Gasteiger charge is 2.18. The second-order valence-corrected chi connectivity index (χ2v) is 4.91. The van der Waals surface area contributed by atoms with Gasteiger partial charge in [-0.1, -0.05) is 12.1 Å². The fourth-order valence-corrected chi connectivity index (χ4v) is 2.15. The van der Waals surface area contributed by atoms with E-state index >= 15 is 0 Å². The van der Waals surface area contributed by atoms with E-state index in [2.05, 4.69) is 15.9 Å². The lowest BCUT2D eigenvalue weighted by Crippen LogP contribution is -2.35. The fourth-order valence-electron chi connectivity index (χ4n) is 1.70. The summed E-state index contributed by atoms with van der Waals surface area (Å²) in [5.41, 5.74) is 0.504. The van der Waals surface area contributed by atoms with E-state index in [1.165, 1.54) is 4.90 Å². The molecular formula is C14H18BrNO4. The number of rotatable bonds is 7. The van der Waals surface area contributed by atoms with Gasteiger partial charge >= 0.3 is 5.97 Å². The Kier molecular flexibility index (Phi) is 7.25. The number of hydrogen-bond donors (Lipinski definition) is 1. The predicted octanol–water partition coefficient (Wildman–Crippen LogP) is 1.84. The summed E-state index contributed by atoms with van der Waals surface area (Å²) >= 11 is 3.32. The maximum Gasteiger partial charge on any atom is 0.307 e. The summed E-state index contributed by atoms with van der Waals surface area (Å²) in [5.74, 6) is -0.578. The van der Waals surface area contributed by atoms with Crippen LogP contribution in [0, 0.1) is 0 Å². The highest BCUT2D eigenvalue weighted by Crippen LogP contribution is 2.18. The van der Waals surface area contributed by atoms with Gasteiger partial charge in [0, 0.05) is 17.6 Å². The summed E-state index contributed by atoms with van der Waals surface area (Å²) in [5, 5.41) is 9.05. The Morgan fingerprint density at radius 2 is 2.00 bits per heavy atom. The Balaban J connectivity index is 2.72. The molecule has 6 heteroatoms. The molecular weight excluding hydrogens is 326 g/mol. The number of amides is 1. The molecule has 5 nitrogen and oxygen atoms in total. The molecule has 1 aromatic carbocycles. The normalized spacial score (nSPS) is 10.2. The molecule has 1 aromatic rings. The number of aliphatic hydroxyl groups excluding tert-OH is 1. The number of aliphatic hydroxyl groups is 1. The van der Waals surface area contributed by atoms with E-state index in [4.69, 9.17) is 9.84 Å². The van der Waals surface area contributed by atoms with Crippen LogP contribution in [0.5, 0.6) is 0 Å². The monoisotopic (exact) mass is 343 g/mol. The zero-order valence-electron chi connectivity index (χ0n) is 11.3. The first-order valence-electron chi connectivity index (χ1n) is 6.40. The van der Waals surface area contributed by atoms with Crippen LogP contribution in [0.3, 0.4) is 0 Å². The van der Waals surface area contributed by atoms with Gasteiger partial charge < -0.3 is 14.7 Å². The maximum atomic E-state index is 12.4. The van der Waals surface area contributed by atoms with Gasteiger partial charge in [-0.15, -0.1) is 0 Å². The number of esters is 1. The Morgan fingerprint density at radius 1 is 1.30 bits per heavy atom. The fraction of sp³-hybridized carbons (Fsp3) is 0.429. The average molecular weight is 344 g/mol. The van der Waals surface area contributed by atoms with E-state index in [-0.39, 0.29) is 38.0 Å². The van der Waals surface area contributed by atoms with E-state index in [1.54, 1.807) is 25.1 Å². The van der Waals surface area contributed by atoms with Crippen LogP contribution in [0.25, 0.3) is 0 Å². The summed E-state index contributed by atoms with van der Waals surface area (Å²) in [6.45, 7) is 2.30. The van der Waals surface area contributed by atoms with Crippen molar-refractivity contribution in [1.82, 2.24) is 4.90 Å². The van der Waals surface area contributed by atoms with Gasteiger partial charge in [-0.05, 0) is 35.0 Å². The second kappa shape index (κ2) is 8.71. The molecule has 1 N–H and O–H groups in total. The van der Waals surface area contributed by atoms with Crippen molar-refractivity contribution >= 4 is 27.8 Å². The Labute approximate surface area is 126 Å². The number of ether oxygens (including phenoxy) is 1. The number of hydrogen-bond acceptors (Lipinski definition) is 4. The van der Waals surface area contributed by atoms with Gasteiger partial charge in [-0.25, -0.2) is 0 Å². The molecule has 0 fully saturated rings. The van der Waals surface area contributed by atoms with Crippen LogP contribution in [0.1, 0.15) is 23.7 Å². The van der Waals surface area contributed by atoms with Crippen molar-refractivity contribution in [3.05, 3.63) is 34.3 Å². The summed E-state index contributed by atoms with van der Waals surface area (Å²) in [4.78, 5) is 25.1. The highest BCUT2D eigenvalue weighted by molar-refractivity contribution is 9.10. The third-order valence-corrected chi connectivity index (χ3v) is 3.34. The van der Waals surface area contributed by atoms with Crippen LogP contribution in [0.15, 0.2) is 28.7 Å². The SMILES string of the molecule is CCOC(=O)CCN(CCO)C(=O)c1ccccc1Br. The van der Waals surface area contributed by atoms with Gasteiger partial charge in [-0.2, -0.15) is 0 Å². The van der Waals surface area contributed by atoms with Crippen molar-refractivity contribution in [2.75, 3.05) is 26.3 Å². The molecule has 20 heavy (non-hydrogen) atoms. The largest absolute Gasteiger partial charge is 0.466 e. The lowest BCUT2D eigenvalue weighted by molar-refractivity contribution is -0.143. The molecule has 0 saturated heterocycles. The van der Waals surface area contributed by atoms with E-state index in [1.807, 2.05) is 6.07 Å². The molecule has 1 rings (SSSR count). The number of carbonyl (C=O) groups excluding carboxylic acids is 2. The first kappa shape index (κ1) is 16.7. The van der Waals surface area contributed by atoms with Gasteiger partial charge in [0.05, 0.1) is 25.2 Å². The van der Waals surface area contributed by atoms with Gasteiger partial charge in [0.1, 0.15) is 0 Å². The zero-order valence-corrected chi connectivity index (χ0v) is 12.9. The molecule has 0 unspecified atom stereocenters. The van der Waals surface area contributed by atoms with Crippen molar-refractivity contribution in [3.63, 3.8) is 0 Å². The Morgan fingerprint density at radius 3 is 2.60 bits per heavy atom. The van der Waals surface area contributed by atoms with Gasteiger partial charge in [0.25, 0.3) is 5.91 Å². The predicted molar refractivity (Wildman–Crippen MR) is 78.4 cm³/mol. The molecule has 0 aliphatic carbocycles. The van der Waals surface area contributed by atoms with Gasteiger partial charge in [0.15, 0.2) is 0 Å². The Hall–Kier alpha value is -1.40.